The van der Waals surface area contributed by atoms with Gasteiger partial charge >= 0.3 is 11.9 Å². The molecule has 3 aliphatic heterocycles. The standard InChI is InChI=1S/C47H72ClNO15/c1-11-36-32(24-60-47-45(58-10)44(57-9)41(55)29(6)62-47)20-25(2)12-17-34(50)26(3)21-31(18-19-59-37(52)22-30-13-15-33(48)16-14-30)43(27(4)35(51)23-38(53)63-36)64-46-42(56)39(49(7)8)40(54)28(5)61-46/h12-17,20,26-29,31-32,35-36,39-47,51,54-56H,11,18-19,21-24H2,1-10H3/b17-12+,25-20+/t26-,27+,28-,29-,31+,32-,35-,36-,39+,40-,41-,42-,43-,44-,45-,46?,47-/m1/s1. The number of ketones is 1. The van der Waals surface area contributed by atoms with Crippen molar-refractivity contribution in [2.45, 2.75) is 153 Å². The molecule has 0 aliphatic carbocycles. The molecule has 0 amide bonds. The van der Waals surface area contributed by atoms with Crippen LogP contribution in [0, 0.1) is 23.7 Å². The molecule has 362 valence electrons. The van der Waals surface area contributed by atoms with Crippen LogP contribution < -0.4 is 0 Å². The number of methoxy groups -OCH3 is 2. The quantitative estimate of drug-likeness (QED) is 0.196. The maximum atomic E-state index is 13.9. The Labute approximate surface area is 383 Å². The molecule has 1 aromatic rings. The molecular weight excluding hydrogens is 854 g/mol. The lowest BCUT2D eigenvalue weighted by Gasteiger charge is -2.46. The minimum absolute atomic E-state index is 0.00328. The number of allylic oxidation sites excluding steroid dienone is 3. The number of carbonyl (C=O) groups is 3. The van der Waals surface area contributed by atoms with E-state index in [0.717, 1.165) is 0 Å². The van der Waals surface area contributed by atoms with Gasteiger partial charge in [-0.1, -0.05) is 62.2 Å². The van der Waals surface area contributed by atoms with Crippen LogP contribution in [-0.4, -0.2) is 164 Å². The fourth-order valence-corrected chi connectivity index (χ4v) is 8.96. The summed E-state index contributed by atoms with van der Waals surface area (Å²) in [5, 5.41) is 45.6. The predicted octanol–water partition coefficient (Wildman–Crippen LogP) is 3.80. The monoisotopic (exact) mass is 925 g/mol. The molecule has 17 atom stereocenters. The Bertz CT molecular complexity index is 1690. The van der Waals surface area contributed by atoms with Crippen molar-refractivity contribution >= 4 is 29.3 Å². The van der Waals surface area contributed by atoms with Crippen molar-refractivity contribution in [3.63, 3.8) is 0 Å². The first kappa shape index (κ1) is 53.8. The predicted molar refractivity (Wildman–Crippen MR) is 236 cm³/mol. The maximum Gasteiger partial charge on any atom is 0.310 e. The van der Waals surface area contributed by atoms with Crippen molar-refractivity contribution in [1.82, 2.24) is 4.90 Å². The molecule has 0 bridgehead atoms. The molecule has 3 heterocycles. The number of ether oxygens (including phenoxy) is 8. The number of halogens is 1. The molecule has 16 nitrogen and oxygen atoms in total. The number of hydrogen-bond acceptors (Lipinski definition) is 16. The minimum atomic E-state index is -1.35. The zero-order valence-electron chi connectivity index (χ0n) is 38.9. The van der Waals surface area contributed by atoms with Gasteiger partial charge in [0.25, 0.3) is 0 Å². The first-order valence-electron chi connectivity index (χ1n) is 22.3. The molecule has 2 saturated heterocycles. The number of nitrogens with zero attached hydrogens (tertiary/aromatic N) is 1. The number of carbonyl (C=O) groups excluding carboxylic acids is 3. The van der Waals surface area contributed by atoms with E-state index in [9.17, 15) is 34.8 Å². The van der Waals surface area contributed by atoms with Gasteiger partial charge in [0.05, 0.1) is 62.6 Å². The molecule has 0 spiro atoms. The largest absolute Gasteiger partial charge is 0.465 e. The van der Waals surface area contributed by atoms with E-state index in [1.807, 2.05) is 19.9 Å². The van der Waals surface area contributed by atoms with E-state index >= 15 is 0 Å². The molecule has 0 aromatic heterocycles. The van der Waals surface area contributed by atoms with Gasteiger partial charge in [-0.3, -0.25) is 14.4 Å². The second-order valence-corrected chi connectivity index (χ2v) is 18.2. The van der Waals surface area contributed by atoms with E-state index in [1.165, 1.54) is 20.3 Å². The molecule has 4 rings (SSSR count). The summed E-state index contributed by atoms with van der Waals surface area (Å²) < 4.78 is 47.9. The third-order valence-corrected chi connectivity index (χ3v) is 13.0. The number of rotatable bonds is 14. The zero-order valence-corrected chi connectivity index (χ0v) is 39.7. The van der Waals surface area contributed by atoms with E-state index in [4.69, 9.17) is 49.5 Å². The molecule has 64 heavy (non-hydrogen) atoms. The molecule has 4 N–H and O–H groups in total. The number of hydrogen-bond donors (Lipinski definition) is 4. The highest BCUT2D eigenvalue weighted by atomic mass is 35.5. The molecule has 3 aliphatic rings. The smallest absolute Gasteiger partial charge is 0.310 e. The average molecular weight is 927 g/mol. The van der Waals surface area contributed by atoms with E-state index in [-0.39, 0.29) is 38.3 Å². The minimum Gasteiger partial charge on any atom is -0.465 e. The molecular formula is C47H72ClNO15. The Hall–Kier alpha value is -2.84. The Kier molecular flexibility index (Phi) is 21.3. The number of cyclic esters (lactones) is 1. The fourth-order valence-electron chi connectivity index (χ4n) is 8.83. The van der Waals surface area contributed by atoms with Gasteiger partial charge in [-0.15, -0.1) is 0 Å². The van der Waals surface area contributed by atoms with E-state index in [0.29, 0.717) is 22.6 Å². The highest BCUT2D eigenvalue weighted by molar-refractivity contribution is 6.30. The third-order valence-electron chi connectivity index (χ3n) is 12.7. The normalized spacial score (nSPS) is 38.6. The first-order chi connectivity index (χ1) is 30.3. The van der Waals surface area contributed by atoms with Crippen LogP contribution in [0.2, 0.25) is 5.02 Å². The van der Waals surface area contributed by atoms with Crippen molar-refractivity contribution in [3.05, 3.63) is 58.7 Å². The lowest BCUT2D eigenvalue weighted by atomic mass is 9.79. The van der Waals surface area contributed by atoms with Gasteiger partial charge in [-0.25, -0.2) is 0 Å². The topological polar surface area (TPSA) is 209 Å². The van der Waals surface area contributed by atoms with Gasteiger partial charge < -0.3 is 63.2 Å². The average Bonchev–Trinajstić information content (AvgIpc) is 3.24. The maximum absolute atomic E-state index is 13.9. The summed E-state index contributed by atoms with van der Waals surface area (Å²) in [5.74, 6) is -3.91. The number of aliphatic hydroxyl groups is 4. The highest BCUT2D eigenvalue weighted by Gasteiger charge is 2.48. The van der Waals surface area contributed by atoms with Crippen molar-refractivity contribution in [1.29, 1.82) is 0 Å². The van der Waals surface area contributed by atoms with Crippen LogP contribution in [0.1, 0.15) is 72.8 Å². The van der Waals surface area contributed by atoms with Crippen LogP contribution >= 0.6 is 11.6 Å². The van der Waals surface area contributed by atoms with Crippen molar-refractivity contribution in [3.8, 4) is 0 Å². The van der Waals surface area contributed by atoms with Crippen molar-refractivity contribution in [2.24, 2.45) is 23.7 Å². The fraction of sp³-hybridized carbons (Fsp3) is 0.723. The SMILES string of the molecule is CC[C@H]1OC(=O)C[C@@H](O)[C@H](C)[C@@H](OC2O[C@H](C)[C@@H](O)[C@H](N(C)C)[C@H]2O)[C@@H](CCOC(=O)Cc2ccc(Cl)cc2)C[C@@H](C)C(=O)/C=C/C(C)=C/[C@@H]1CO[C@@H]1O[C@H](C)[C@@H](O)[C@@H](OC)[C@H]1OC. The van der Waals surface area contributed by atoms with Crippen LogP contribution in [0.3, 0.4) is 0 Å². The van der Waals surface area contributed by atoms with Crippen LogP contribution in [-0.2, 0) is 58.7 Å². The van der Waals surface area contributed by atoms with Gasteiger partial charge in [-0.05, 0) is 83.8 Å². The Balaban J connectivity index is 1.67. The van der Waals surface area contributed by atoms with Gasteiger partial charge in [-0.2, -0.15) is 0 Å². The second kappa shape index (κ2) is 25.3. The van der Waals surface area contributed by atoms with E-state index in [2.05, 4.69) is 0 Å². The summed E-state index contributed by atoms with van der Waals surface area (Å²) in [6.45, 7) is 10.5. The summed E-state index contributed by atoms with van der Waals surface area (Å²) in [5.41, 5.74) is 1.41. The highest BCUT2D eigenvalue weighted by Crippen LogP contribution is 2.35. The Morgan fingerprint density at radius 2 is 1.52 bits per heavy atom. The van der Waals surface area contributed by atoms with Gasteiger partial charge in [0.1, 0.15) is 30.5 Å². The first-order valence-corrected chi connectivity index (χ1v) is 22.7. The number of aliphatic hydroxyl groups excluding tert-OH is 4. The summed E-state index contributed by atoms with van der Waals surface area (Å²) in [4.78, 5) is 42.4. The lowest BCUT2D eigenvalue weighted by Crippen LogP contribution is -2.63. The Morgan fingerprint density at radius 3 is 2.14 bits per heavy atom. The summed E-state index contributed by atoms with van der Waals surface area (Å²) in [6.07, 6.45) is -6.12. The number of esters is 2. The third kappa shape index (κ3) is 14.6. The molecule has 0 radical (unpaired) electrons. The van der Waals surface area contributed by atoms with Gasteiger partial charge in [0.2, 0.25) is 0 Å². The van der Waals surface area contributed by atoms with E-state index in [1.54, 1.807) is 77.0 Å². The molecule has 17 heteroatoms. The van der Waals surface area contributed by atoms with Crippen molar-refractivity contribution in [2.75, 3.05) is 41.5 Å². The number of likely N-dealkylation sites (N-methyl/N-ethyl adjacent to an activating group) is 1. The van der Waals surface area contributed by atoms with Crippen LogP contribution in [0.4, 0.5) is 0 Å². The number of benzene rings is 1. The summed E-state index contributed by atoms with van der Waals surface area (Å²) in [6, 6.07) is 6.07. The molecule has 1 aromatic carbocycles. The summed E-state index contributed by atoms with van der Waals surface area (Å²) >= 11 is 6.02. The molecule has 2 fully saturated rings. The van der Waals surface area contributed by atoms with Gasteiger partial charge in [0.15, 0.2) is 18.4 Å². The van der Waals surface area contributed by atoms with Crippen LogP contribution in [0.25, 0.3) is 0 Å². The summed E-state index contributed by atoms with van der Waals surface area (Å²) in [7, 11) is 6.37. The lowest BCUT2D eigenvalue weighted by molar-refractivity contribution is -0.304. The van der Waals surface area contributed by atoms with Gasteiger partial charge in [0, 0.05) is 37.0 Å². The van der Waals surface area contributed by atoms with Crippen LogP contribution in [0.5, 0.6) is 0 Å². The molecule has 0 saturated carbocycles. The van der Waals surface area contributed by atoms with Crippen LogP contribution in [0.15, 0.2) is 48.1 Å². The Morgan fingerprint density at radius 1 is 0.875 bits per heavy atom. The van der Waals surface area contributed by atoms with E-state index < -0.39 is 122 Å². The van der Waals surface area contributed by atoms with Crippen molar-refractivity contribution < 1.29 is 72.7 Å². The second-order valence-electron chi connectivity index (χ2n) is 17.8. The zero-order chi connectivity index (χ0) is 47.4. The molecule has 1 unspecified atom stereocenters.